The van der Waals surface area contributed by atoms with Gasteiger partial charge in [-0.25, -0.2) is 0 Å². The second-order valence-corrected chi connectivity index (χ2v) is 6.03. The first kappa shape index (κ1) is 17.1. The maximum atomic E-state index is 11.8. The van der Waals surface area contributed by atoms with Crippen molar-refractivity contribution in [2.45, 2.75) is 60.0 Å². The normalized spacial score (nSPS) is 13.4. The van der Waals surface area contributed by atoms with Crippen molar-refractivity contribution in [2.75, 3.05) is 0 Å². The first-order chi connectivity index (χ1) is 9.69. The summed E-state index contributed by atoms with van der Waals surface area (Å²) in [6.07, 6.45) is 4.70. The Kier molecular flexibility index (Phi) is 5.88. The van der Waals surface area contributed by atoms with Crippen LogP contribution in [0, 0.1) is 6.92 Å². The van der Waals surface area contributed by atoms with Crippen LogP contribution in [0.15, 0.2) is 27.8 Å². The van der Waals surface area contributed by atoms with Gasteiger partial charge in [-0.3, -0.25) is 4.79 Å². The van der Waals surface area contributed by atoms with Crippen LogP contribution in [0.4, 0.5) is 0 Å². The molecular weight excluding hydrogens is 268 g/mol. The molecule has 0 N–H and O–H groups in total. The van der Waals surface area contributed by atoms with Gasteiger partial charge in [0.15, 0.2) is 5.82 Å². The van der Waals surface area contributed by atoms with Gasteiger partial charge >= 0.3 is 5.97 Å². The van der Waals surface area contributed by atoms with Crippen LogP contribution in [0.1, 0.15) is 52.8 Å². The van der Waals surface area contributed by atoms with Crippen molar-refractivity contribution in [1.29, 1.82) is 0 Å². The van der Waals surface area contributed by atoms with E-state index in [4.69, 9.17) is 9.26 Å². The van der Waals surface area contributed by atoms with Crippen LogP contribution in [0.5, 0.6) is 0 Å². The molecule has 0 saturated heterocycles. The molecule has 0 bridgehead atoms. The van der Waals surface area contributed by atoms with E-state index in [2.05, 4.69) is 10.1 Å². The zero-order valence-corrected chi connectivity index (χ0v) is 13.7. The molecule has 0 atom stereocenters. The Bertz CT molecular complexity index is 548. The topological polar surface area (TPSA) is 65.2 Å². The number of rotatable bonds is 5. The lowest BCUT2D eigenvalue weighted by molar-refractivity contribution is -0.153. The first-order valence-electron chi connectivity index (χ1n) is 7.03. The maximum Gasteiger partial charge on any atom is 0.310 e. The predicted molar refractivity (Wildman–Crippen MR) is 80.7 cm³/mol. The van der Waals surface area contributed by atoms with Gasteiger partial charge in [0.25, 0.3) is 0 Å². The van der Waals surface area contributed by atoms with Crippen molar-refractivity contribution < 1.29 is 14.1 Å². The molecule has 5 heteroatoms. The van der Waals surface area contributed by atoms with E-state index in [0.717, 1.165) is 11.1 Å². The van der Waals surface area contributed by atoms with Crippen molar-refractivity contribution in [2.24, 2.45) is 0 Å². The zero-order chi connectivity index (χ0) is 16.0. The molecule has 0 spiro atoms. The minimum Gasteiger partial charge on any atom is -0.460 e. The van der Waals surface area contributed by atoms with Crippen LogP contribution >= 0.6 is 0 Å². The minimum atomic E-state index is -0.462. The van der Waals surface area contributed by atoms with Gasteiger partial charge in [0.05, 0.1) is 6.42 Å². The Balaban J connectivity index is 2.64. The van der Waals surface area contributed by atoms with Gasteiger partial charge in [-0.15, -0.1) is 0 Å². The number of nitrogens with zero attached hydrogens (tertiary/aromatic N) is 2. The van der Waals surface area contributed by atoms with Gasteiger partial charge in [-0.05, 0) is 47.1 Å². The van der Waals surface area contributed by atoms with E-state index in [9.17, 15) is 4.79 Å². The molecule has 5 nitrogen and oxygen atoms in total. The third-order valence-electron chi connectivity index (χ3n) is 2.57. The molecule has 21 heavy (non-hydrogen) atoms. The van der Waals surface area contributed by atoms with Crippen LogP contribution in [0.2, 0.25) is 0 Å². The SMILES string of the molecule is CC=C(C=C(C)Cc1nc(C)no1)CC(=O)OC(C)(C)C. The highest BCUT2D eigenvalue weighted by Crippen LogP contribution is 2.15. The molecule has 0 radical (unpaired) electrons. The highest BCUT2D eigenvalue weighted by Gasteiger charge is 2.16. The number of hydrogen-bond acceptors (Lipinski definition) is 5. The van der Waals surface area contributed by atoms with E-state index in [1.54, 1.807) is 6.92 Å². The number of carbonyl (C=O) groups excluding carboxylic acids is 1. The highest BCUT2D eigenvalue weighted by atomic mass is 16.6. The Morgan fingerprint density at radius 2 is 2.05 bits per heavy atom. The van der Waals surface area contributed by atoms with Gasteiger partial charge in [-0.1, -0.05) is 22.9 Å². The third-order valence-corrected chi connectivity index (χ3v) is 2.57. The second kappa shape index (κ2) is 7.20. The van der Waals surface area contributed by atoms with Gasteiger partial charge in [0.2, 0.25) is 5.89 Å². The highest BCUT2D eigenvalue weighted by molar-refractivity contribution is 5.73. The quantitative estimate of drug-likeness (QED) is 0.613. The molecule has 0 fully saturated rings. The number of ether oxygens (including phenoxy) is 1. The molecule has 0 saturated carbocycles. The number of aromatic nitrogens is 2. The number of esters is 1. The summed E-state index contributed by atoms with van der Waals surface area (Å²) in [5.74, 6) is 0.972. The summed E-state index contributed by atoms with van der Waals surface area (Å²) in [6, 6.07) is 0. The fraction of sp³-hybridized carbons (Fsp3) is 0.562. The standard InChI is InChI=1S/C16H24N2O3/c1-7-13(10-15(19)20-16(4,5)6)8-11(2)9-14-17-12(3)18-21-14/h7-8H,9-10H2,1-6H3. The molecular formula is C16H24N2O3. The van der Waals surface area contributed by atoms with Crippen LogP contribution in [-0.4, -0.2) is 21.7 Å². The summed E-state index contributed by atoms with van der Waals surface area (Å²) < 4.78 is 10.4. The van der Waals surface area contributed by atoms with Crippen LogP contribution in [0.3, 0.4) is 0 Å². The average molecular weight is 292 g/mol. The Labute approximate surface area is 126 Å². The molecule has 1 rings (SSSR count). The summed E-state index contributed by atoms with van der Waals surface area (Å²) in [7, 11) is 0. The Hall–Kier alpha value is -1.91. The fourth-order valence-electron chi connectivity index (χ4n) is 1.80. The molecule has 0 aliphatic rings. The monoisotopic (exact) mass is 292 g/mol. The molecule has 0 unspecified atom stereocenters. The van der Waals surface area contributed by atoms with E-state index >= 15 is 0 Å². The molecule has 1 aromatic rings. The molecule has 0 aromatic carbocycles. The zero-order valence-electron chi connectivity index (χ0n) is 13.7. The second-order valence-electron chi connectivity index (χ2n) is 6.03. The third kappa shape index (κ3) is 6.88. The average Bonchev–Trinajstić information content (AvgIpc) is 2.71. The summed E-state index contributed by atoms with van der Waals surface area (Å²) in [6.45, 7) is 11.2. The summed E-state index contributed by atoms with van der Waals surface area (Å²) >= 11 is 0. The van der Waals surface area contributed by atoms with Crippen molar-refractivity contribution in [1.82, 2.24) is 10.1 Å². The van der Waals surface area contributed by atoms with E-state index in [1.165, 1.54) is 0 Å². The number of allylic oxidation sites excluding steroid dienone is 3. The van der Waals surface area contributed by atoms with Crippen molar-refractivity contribution in [3.8, 4) is 0 Å². The largest absolute Gasteiger partial charge is 0.460 e. The van der Waals surface area contributed by atoms with E-state index in [-0.39, 0.29) is 12.4 Å². The Morgan fingerprint density at radius 1 is 1.38 bits per heavy atom. The maximum absolute atomic E-state index is 11.8. The van der Waals surface area contributed by atoms with Gasteiger partial charge < -0.3 is 9.26 Å². The van der Waals surface area contributed by atoms with Gasteiger partial charge in [0.1, 0.15) is 5.60 Å². The molecule has 0 aliphatic heterocycles. The minimum absolute atomic E-state index is 0.228. The summed E-state index contributed by atoms with van der Waals surface area (Å²) in [5, 5.41) is 3.76. The van der Waals surface area contributed by atoms with Gasteiger partial charge in [-0.2, -0.15) is 4.98 Å². The number of hydrogen-bond donors (Lipinski definition) is 0. The number of carbonyl (C=O) groups is 1. The summed E-state index contributed by atoms with van der Waals surface area (Å²) in [5.41, 5.74) is 1.50. The van der Waals surface area contributed by atoms with Crippen LogP contribution < -0.4 is 0 Å². The van der Waals surface area contributed by atoms with Crippen molar-refractivity contribution in [3.05, 3.63) is 35.0 Å². The molecule has 0 aliphatic carbocycles. The molecule has 116 valence electrons. The van der Waals surface area contributed by atoms with Gasteiger partial charge in [0, 0.05) is 6.42 Å². The first-order valence-corrected chi connectivity index (χ1v) is 7.03. The predicted octanol–water partition coefficient (Wildman–Crippen LogP) is 3.54. The van der Waals surface area contributed by atoms with Crippen LogP contribution in [0.25, 0.3) is 0 Å². The van der Waals surface area contributed by atoms with E-state index < -0.39 is 5.60 Å². The lowest BCUT2D eigenvalue weighted by Gasteiger charge is -2.19. The number of aryl methyl sites for hydroxylation is 1. The van der Waals surface area contributed by atoms with Crippen molar-refractivity contribution >= 4 is 5.97 Å². The van der Waals surface area contributed by atoms with E-state index in [1.807, 2.05) is 46.8 Å². The summed E-state index contributed by atoms with van der Waals surface area (Å²) in [4.78, 5) is 16.0. The molecule has 1 aromatic heterocycles. The molecule has 0 amide bonds. The molecule has 1 heterocycles. The smallest absolute Gasteiger partial charge is 0.310 e. The van der Waals surface area contributed by atoms with E-state index in [0.29, 0.717) is 18.1 Å². The van der Waals surface area contributed by atoms with Crippen molar-refractivity contribution in [3.63, 3.8) is 0 Å². The van der Waals surface area contributed by atoms with Crippen LogP contribution in [-0.2, 0) is 16.0 Å². The Morgan fingerprint density at radius 3 is 2.52 bits per heavy atom. The lowest BCUT2D eigenvalue weighted by Crippen LogP contribution is -2.23. The fourth-order valence-corrected chi connectivity index (χ4v) is 1.80. The lowest BCUT2D eigenvalue weighted by atomic mass is 10.1.